The third kappa shape index (κ3) is 5.32. The molecular formula is C25H36N6OS. The maximum absolute atomic E-state index is 12.8. The second-order valence-electron chi connectivity index (χ2n) is 10.2. The molecule has 3 aromatic rings. The first-order valence-electron chi connectivity index (χ1n) is 11.9. The van der Waals surface area contributed by atoms with E-state index in [1.165, 1.54) is 16.9 Å². The van der Waals surface area contributed by atoms with Gasteiger partial charge in [0.1, 0.15) is 5.69 Å². The number of likely N-dealkylation sites (N-methyl/N-ethyl adjacent to an activating group) is 1. The van der Waals surface area contributed by atoms with Crippen molar-refractivity contribution in [3.05, 3.63) is 29.8 Å². The molecule has 1 aliphatic heterocycles. The average Bonchev–Trinajstić information content (AvgIpc) is 3.33. The van der Waals surface area contributed by atoms with Gasteiger partial charge in [0.05, 0.1) is 6.54 Å². The van der Waals surface area contributed by atoms with E-state index in [-0.39, 0.29) is 11.4 Å². The maximum atomic E-state index is 12.8. The van der Waals surface area contributed by atoms with Crippen molar-refractivity contribution in [2.24, 2.45) is 5.92 Å². The van der Waals surface area contributed by atoms with Gasteiger partial charge in [0.2, 0.25) is 16.0 Å². The predicted octanol–water partition coefficient (Wildman–Crippen LogP) is 4.93. The lowest BCUT2D eigenvalue weighted by atomic mass is 9.99. The van der Waals surface area contributed by atoms with Gasteiger partial charge in [-0.3, -0.25) is 4.79 Å². The maximum Gasteiger partial charge on any atom is 0.242 e. The van der Waals surface area contributed by atoms with E-state index < -0.39 is 0 Å². The third-order valence-electron chi connectivity index (χ3n) is 6.16. The zero-order chi connectivity index (χ0) is 23.8. The fourth-order valence-electron chi connectivity index (χ4n) is 4.09. The van der Waals surface area contributed by atoms with Gasteiger partial charge in [-0.1, -0.05) is 49.4 Å². The zero-order valence-electron chi connectivity index (χ0n) is 20.7. The van der Waals surface area contributed by atoms with Crippen LogP contribution in [-0.4, -0.2) is 57.6 Å². The topological polar surface area (TPSA) is 65.8 Å². The summed E-state index contributed by atoms with van der Waals surface area (Å²) in [7, 11) is 1.93. The van der Waals surface area contributed by atoms with Gasteiger partial charge >= 0.3 is 0 Å². The highest BCUT2D eigenvalue weighted by Crippen LogP contribution is 2.34. The highest BCUT2D eigenvalue weighted by Gasteiger charge is 2.25. The summed E-state index contributed by atoms with van der Waals surface area (Å²) >= 11 is 1.51. The predicted molar refractivity (Wildman–Crippen MR) is 137 cm³/mol. The lowest BCUT2D eigenvalue weighted by Crippen LogP contribution is -2.43. The van der Waals surface area contributed by atoms with E-state index in [9.17, 15) is 4.79 Å². The lowest BCUT2D eigenvalue weighted by Gasteiger charge is -2.31. The first kappa shape index (κ1) is 23.5. The van der Waals surface area contributed by atoms with E-state index in [1.54, 1.807) is 0 Å². The zero-order valence-corrected chi connectivity index (χ0v) is 21.5. The van der Waals surface area contributed by atoms with E-state index in [2.05, 4.69) is 64.2 Å². The summed E-state index contributed by atoms with van der Waals surface area (Å²) in [5.41, 5.74) is 3.13. The average molecular weight is 469 g/mol. The number of anilines is 2. The first-order chi connectivity index (χ1) is 15.6. The second-order valence-corrected chi connectivity index (χ2v) is 11.2. The number of piperidine rings is 1. The Morgan fingerprint density at radius 2 is 1.88 bits per heavy atom. The molecule has 0 bridgehead atoms. The number of fused-ring (bicyclic) bond motifs is 1. The van der Waals surface area contributed by atoms with Crippen molar-refractivity contribution in [2.75, 3.05) is 36.9 Å². The van der Waals surface area contributed by atoms with Crippen molar-refractivity contribution < 1.29 is 4.79 Å². The van der Waals surface area contributed by atoms with Crippen molar-refractivity contribution in [2.45, 2.75) is 59.4 Å². The molecule has 4 rings (SSSR count). The fraction of sp³-hybridized carbons (Fsp3) is 0.560. The Labute approximate surface area is 200 Å². The van der Waals surface area contributed by atoms with Crippen LogP contribution in [0.3, 0.4) is 0 Å². The number of aryl methyl sites for hydroxylation is 1. The number of nitrogens with zero attached hydrogens (tertiary/aromatic N) is 5. The normalized spacial score (nSPS) is 15.3. The van der Waals surface area contributed by atoms with Crippen molar-refractivity contribution >= 4 is 33.2 Å². The first-order valence-corrected chi connectivity index (χ1v) is 12.7. The number of hydrogen-bond acceptors (Lipinski definition) is 6. The minimum Gasteiger partial charge on any atom is -0.364 e. The molecule has 1 saturated heterocycles. The Kier molecular flexibility index (Phi) is 6.66. The standard InChI is InChI=1S/C25H36N6OS/c1-7-18-8-10-19(11-9-18)21-22(27-25(3,4)5)31-23(26-21)33-24(28-31)29(6)16-20(32)30-14-12-17(2)13-15-30/h8-11,17,27H,7,12-16H2,1-6H3. The molecule has 1 amide bonds. The van der Waals surface area contributed by atoms with Crippen LogP contribution in [0.2, 0.25) is 0 Å². The summed E-state index contributed by atoms with van der Waals surface area (Å²) < 4.78 is 1.89. The summed E-state index contributed by atoms with van der Waals surface area (Å²) in [6.07, 6.45) is 3.19. The Hall–Kier alpha value is -2.61. The molecule has 8 heteroatoms. The van der Waals surface area contributed by atoms with Gasteiger partial charge in [-0.2, -0.15) is 4.52 Å². The molecule has 3 heterocycles. The summed E-state index contributed by atoms with van der Waals surface area (Å²) in [4.78, 5) is 22.5. The number of hydrogen-bond donors (Lipinski definition) is 1. The third-order valence-corrected chi connectivity index (χ3v) is 7.18. The van der Waals surface area contributed by atoms with Crippen LogP contribution >= 0.6 is 11.3 Å². The Balaban J connectivity index is 1.60. The highest BCUT2D eigenvalue weighted by atomic mass is 32.1. The number of amides is 1. The number of imidazole rings is 1. The fourth-order valence-corrected chi connectivity index (χ4v) is 4.95. The van der Waals surface area contributed by atoms with E-state index in [0.29, 0.717) is 12.5 Å². The molecule has 33 heavy (non-hydrogen) atoms. The Bertz CT molecular complexity index is 1100. The van der Waals surface area contributed by atoms with Gasteiger partial charge in [0, 0.05) is 31.2 Å². The number of nitrogens with one attached hydrogen (secondary N) is 1. The number of aromatic nitrogens is 3. The van der Waals surface area contributed by atoms with Crippen molar-refractivity contribution in [1.29, 1.82) is 0 Å². The van der Waals surface area contributed by atoms with Gasteiger partial charge in [0.25, 0.3) is 0 Å². The van der Waals surface area contributed by atoms with Crippen LogP contribution in [0, 0.1) is 5.92 Å². The monoisotopic (exact) mass is 468 g/mol. The van der Waals surface area contributed by atoms with Gasteiger partial charge in [-0.15, -0.1) is 5.10 Å². The minimum atomic E-state index is -0.148. The quantitative estimate of drug-likeness (QED) is 0.556. The highest BCUT2D eigenvalue weighted by molar-refractivity contribution is 7.20. The Morgan fingerprint density at radius 1 is 1.21 bits per heavy atom. The largest absolute Gasteiger partial charge is 0.364 e. The molecule has 0 spiro atoms. The molecule has 0 unspecified atom stereocenters. The van der Waals surface area contributed by atoms with E-state index in [1.807, 2.05) is 21.4 Å². The molecule has 1 aromatic carbocycles. The molecule has 0 aliphatic carbocycles. The summed E-state index contributed by atoms with van der Waals surface area (Å²) in [6, 6.07) is 8.57. The van der Waals surface area contributed by atoms with E-state index >= 15 is 0 Å². The molecule has 1 fully saturated rings. The van der Waals surface area contributed by atoms with E-state index in [0.717, 1.165) is 59.5 Å². The SMILES string of the molecule is CCc1ccc(-c2nc3sc(N(C)CC(=O)N4CCC(C)CC4)nn3c2NC(C)(C)C)cc1. The van der Waals surface area contributed by atoms with E-state index in [4.69, 9.17) is 10.1 Å². The molecule has 0 saturated carbocycles. The summed E-state index contributed by atoms with van der Waals surface area (Å²) in [5, 5.41) is 9.24. The molecule has 1 aliphatic rings. The van der Waals surface area contributed by atoms with Crippen molar-refractivity contribution in [1.82, 2.24) is 19.5 Å². The lowest BCUT2D eigenvalue weighted by molar-refractivity contribution is -0.130. The van der Waals surface area contributed by atoms with Crippen LogP contribution in [0.1, 0.15) is 53.0 Å². The number of carbonyl (C=O) groups excluding carboxylic acids is 1. The van der Waals surface area contributed by atoms with Crippen LogP contribution in [0.5, 0.6) is 0 Å². The van der Waals surface area contributed by atoms with Crippen LogP contribution in [0.4, 0.5) is 10.9 Å². The van der Waals surface area contributed by atoms with Gasteiger partial charge in [-0.25, -0.2) is 4.98 Å². The number of carbonyl (C=O) groups is 1. The summed E-state index contributed by atoms with van der Waals surface area (Å²) in [5.74, 6) is 1.76. The summed E-state index contributed by atoms with van der Waals surface area (Å²) in [6.45, 7) is 12.9. The van der Waals surface area contributed by atoms with Gasteiger partial charge in [-0.05, 0) is 51.5 Å². The molecule has 0 radical (unpaired) electrons. The number of benzene rings is 1. The molecule has 0 atom stereocenters. The van der Waals surface area contributed by atoms with Crippen LogP contribution < -0.4 is 10.2 Å². The smallest absolute Gasteiger partial charge is 0.242 e. The molecule has 2 aromatic heterocycles. The molecule has 7 nitrogen and oxygen atoms in total. The molecule has 1 N–H and O–H groups in total. The van der Waals surface area contributed by atoms with Crippen LogP contribution in [-0.2, 0) is 11.2 Å². The second kappa shape index (κ2) is 9.33. The van der Waals surface area contributed by atoms with Crippen molar-refractivity contribution in [3.8, 4) is 11.3 Å². The number of likely N-dealkylation sites (tertiary alicyclic amines) is 1. The van der Waals surface area contributed by atoms with Crippen LogP contribution in [0.25, 0.3) is 16.2 Å². The van der Waals surface area contributed by atoms with Gasteiger partial charge < -0.3 is 15.1 Å². The molecular weight excluding hydrogens is 432 g/mol. The minimum absolute atomic E-state index is 0.148. The number of rotatable bonds is 6. The van der Waals surface area contributed by atoms with Crippen LogP contribution in [0.15, 0.2) is 24.3 Å². The molecule has 178 valence electrons. The Morgan fingerprint density at radius 3 is 2.48 bits per heavy atom. The van der Waals surface area contributed by atoms with Crippen molar-refractivity contribution in [3.63, 3.8) is 0 Å². The van der Waals surface area contributed by atoms with Gasteiger partial charge in [0.15, 0.2) is 5.82 Å².